The van der Waals surface area contributed by atoms with Gasteiger partial charge in [-0.15, -0.1) is 0 Å². The summed E-state index contributed by atoms with van der Waals surface area (Å²) in [7, 11) is 0. The van der Waals surface area contributed by atoms with Gasteiger partial charge in [-0.2, -0.15) is 0 Å². The predicted octanol–water partition coefficient (Wildman–Crippen LogP) is 1.29. The highest BCUT2D eigenvalue weighted by molar-refractivity contribution is 5.88. The Labute approximate surface area is 139 Å². The van der Waals surface area contributed by atoms with Crippen LogP contribution in [0.3, 0.4) is 0 Å². The maximum atomic E-state index is 11.6. The van der Waals surface area contributed by atoms with Crippen molar-refractivity contribution in [2.45, 2.75) is 95.5 Å². The van der Waals surface area contributed by atoms with Crippen LogP contribution in [0.15, 0.2) is 0 Å². The summed E-state index contributed by atoms with van der Waals surface area (Å²) in [5.41, 5.74) is -2.66. The second kappa shape index (κ2) is 5.99. The lowest BCUT2D eigenvalue weighted by Crippen LogP contribution is -2.84. The quantitative estimate of drug-likeness (QED) is 0.323. The van der Waals surface area contributed by atoms with Gasteiger partial charge < -0.3 is 26.2 Å². The third-order valence-electron chi connectivity index (χ3n) is 6.85. The summed E-state index contributed by atoms with van der Waals surface area (Å²) in [5.74, 6) is -0.474. The Morgan fingerprint density at radius 2 is 1.26 bits per heavy atom. The van der Waals surface area contributed by atoms with Crippen LogP contribution >= 0.6 is 0 Å². The maximum Gasteiger partial charge on any atom is 0.132 e. The molecule has 6 nitrogen and oxygen atoms in total. The van der Waals surface area contributed by atoms with E-state index >= 15 is 0 Å². The molecule has 0 aromatic carbocycles. The molecule has 0 aliphatic heterocycles. The molecule has 2 unspecified atom stereocenters. The van der Waals surface area contributed by atoms with E-state index in [2.05, 4.69) is 0 Å². The van der Waals surface area contributed by atoms with Crippen molar-refractivity contribution in [3.63, 3.8) is 0 Å². The first-order valence-corrected chi connectivity index (χ1v) is 8.69. The number of aliphatic hydroxyl groups is 4. The molecule has 0 bridgehead atoms. The maximum absolute atomic E-state index is 11.6. The van der Waals surface area contributed by atoms with Crippen molar-refractivity contribution in [2.75, 3.05) is 0 Å². The van der Waals surface area contributed by atoms with Crippen molar-refractivity contribution in [2.24, 2.45) is 11.1 Å². The van der Waals surface area contributed by atoms with Crippen molar-refractivity contribution in [3.8, 4) is 0 Å². The van der Waals surface area contributed by atoms with Crippen LogP contribution in [0.25, 0.3) is 0 Å². The molecular weight excluding hydrogens is 296 g/mol. The van der Waals surface area contributed by atoms with Crippen LogP contribution in [0.5, 0.6) is 0 Å². The molecule has 136 valence electrons. The van der Waals surface area contributed by atoms with Crippen molar-refractivity contribution < 1.29 is 20.4 Å². The van der Waals surface area contributed by atoms with E-state index < -0.39 is 33.7 Å². The number of nitrogens with two attached hydrogens (primary N) is 1. The van der Waals surface area contributed by atoms with Gasteiger partial charge in [0.1, 0.15) is 22.6 Å². The minimum Gasteiger partial charge on any atom is -0.387 e. The molecule has 4 atom stereocenters. The molecule has 7 N–H and O–H groups in total. The lowest BCUT2D eigenvalue weighted by atomic mass is 9.42. The lowest BCUT2D eigenvalue weighted by molar-refractivity contribution is -0.353. The Morgan fingerprint density at radius 3 is 1.52 bits per heavy atom. The highest BCUT2D eigenvalue weighted by Gasteiger charge is 2.77. The van der Waals surface area contributed by atoms with Crippen LogP contribution in [-0.2, 0) is 0 Å². The van der Waals surface area contributed by atoms with Crippen LogP contribution in [0.1, 0.15) is 73.1 Å². The number of hydrogen-bond donors (Lipinski definition) is 6. The van der Waals surface area contributed by atoms with Crippen LogP contribution in [0, 0.1) is 10.8 Å². The Bertz CT molecular complexity index is 468. The summed E-state index contributed by atoms with van der Waals surface area (Å²) in [5, 5.41) is 53.5. The molecule has 0 saturated heterocycles. The first-order valence-electron chi connectivity index (χ1n) is 8.69. The minimum atomic E-state index is -1.88. The third-order valence-corrected chi connectivity index (χ3v) is 6.85. The van der Waals surface area contributed by atoms with E-state index in [1.165, 1.54) is 0 Å². The lowest BCUT2D eigenvalue weighted by Gasteiger charge is -2.69. The molecule has 0 amide bonds. The van der Waals surface area contributed by atoms with Crippen LogP contribution < -0.4 is 5.73 Å². The fraction of sp³-hybridized carbons (Fsp3) is 0.941. The molecular formula is C17H34N2O4. The van der Waals surface area contributed by atoms with Gasteiger partial charge in [-0.05, 0) is 32.1 Å². The van der Waals surface area contributed by atoms with Gasteiger partial charge >= 0.3 is 0 Å². The smallest absolute Gasteiger partial charge is 0.132 e. The molecule has 1 saturated carbocycles. The van der Waals surface area contributed by atoms with Crippen LogP contribution in [-0.4, -0.2) is 48.7 Å². The molecule has 0 spiro atoms. The predicted molar refractivity (Wildman–Crippen MR) is 90.2 cm³/mol. The normalized spacial score (nSPS) is 43.3. The summed E-state index contributed by atoms with van der Waals surface area (Å²) in [6.45, 7) is 8.76. The standard InChI is InChI=1S/C17H34N2O4/c1-6-13(7-2)15(21,12(18)19)11-14(20,8-3)17(23,10-5)16(13,22)9-4/h20-23H,6-11H2,1-5H3,(H3,18,19)/t14-,15?,16-,17?/m1/s1. The molecule has 0 aromatic heterocycles. The van der Waals surface area contributed by atoms with Crippen LogP contribution in [0.4, 0.5) is 0 Å². The molecule has 0 radical (unpaired) electrons. The van der Waals surface area contributed by atoms with E-state index in [9.17, 15) is 20.4 Å². The minimum absolute atomic E-state index is 0.136. The van der Waals surface area contributed by atoms with E-state index in [0.717, 1.165) is 0 Å². The number of hydrogen-bond acceptors (Lipinski definition) is 5. The number of rotatable bonds is 6. The Kier molecular flexibility index (Phi) is 5.30. The van der Waals surface area contributed by atoms with Gasteiger partial charge in [0.2, 0.25) is 0 Å². The zero-order valence-electron chi connectivity index (χ0n) is 15.1. The first-order chi connectivity index (χ1) is 10.5. The van der Waals surface area contributed by atoms with Gasteiger partial charge in [-0.25, -0.2) is 0 Å². The topological polar surface area (TPSA) is 131 Å². The van der Waals surface area contributed by atoms with E-state index in [1.54, 1.807) is 20.8 Å². The Morgan fingerprint density at radius 1 is 0.826 bits per heavy atom. The van der Waals surface area contributed by atoms with Gasteiger partial charge in [0.15, 0.2) is 0 Å². The van der Waals surface area contributed by atoms with E-state index in [-0.39, 0.29) is 25.7 Å². The second-order valence-corrected chi connectivity index (χ2v) is 7.05. The first kappa shape index (κ1) is 20.4. The average Bonchev–Trinajstić information content (AvgIpc) is 2.53. The van der Waals surface area contributed by atoms with Crippen molar-refractivity contribution in [1.29, 1.82) is 5.41 Å². The van der Waals surface area contributed by atoms with Crippen LogP contribution in [0.2, 0.25) is 0 Å². The van der Waals surface area contributed by atoms with Crippen molar-refractivity contribution in [1.82, 2.24) is 0 Å². The largest absolute Gasteiger partial charge is 0.387 e. The molecule has 23 heavy (non-hydrogen) atoms. The zero-order chi connectivity index (χ0) is 18.3. The second-order valence-electron chi connectivity index (χ2n) is 7.05. The molecule has 0 aromatic rings. The summed E-state index contributed by atoms with van der Waals surface area (Å²) in [4.78, 5) is 0. The number of amidine groups is 1. The molecule has 1 fully saturated rings. The fourth-order valence-corrected chi connectivity index (χ4v) is 5.30. The highest BCUT2D eigenvalue weighted by atomic mass is 16.4. The Balaban J connectivity index is 3.89. The average molecular weight is 330 g/mol. The molecule has 1 aliphatic rings. The van der Waals surface area contributed by atoms with Crippen molar-refractivity contribution in [3.05, 3.63) is 0 Å². The summed E-state index contributed by atoms with van der Waals surface area (Å²) < 4.78 is 0. The van der Waals surface area contributed by atoms with Gasteiger partial charge in [-0.1, -0.05) is 34.6 Å². The van der Waals surface area contributed by atoms with Gasteiger partial charge in [0, 0.05) is 11.8 Å². The summed E-state index contributed by atoms with van der Waals surface area (Å²) in [6, 6.07) is 0. The molecule has 6 heteroatoms. The summed E-state index contributed by atoms with van der Waals surface area (Å²) in [6.07, 6.45) is 0.797. The monoisotopic (exact) mass is 330 g/mol. The Hall–Kier alpha value is -0.690. The van der Waals surface area contributed by atoms with E-state index in [4.69, 9.17) is 11.1 Å². The van der Waals surface area contributed by atoms with Gasteiger partial charge in [-0.3, -0.25) is 5.41 Å². The van der Waals surface area contributed by atoms with E-state index in [0.29, 0.717) is 12.8 Å². The van der Waals surface area contributed by atoms with E-state index in [1.807, 2.05) is 13.8 Å². The molecule has 0 heterocycles. The summed E-state index contributed by atoms with van der Waals surface area (Å²) >= 11 is 0. The fourth-order valence-electron chi connectivity index (χ4n) is 5.30. The highest BCUT2D eigenvalue weighted by Crippen LogP contribution is 2.64. The molecule has 1 rings (SSSR count). The number of nitrogens with one attached hydrogen (secondary N) is 1. The van der Waals surface area contributed by atoms with Gasteiger partial charge in [0.05, 0.1) is 5.60 Å². The van der Waals surface area contributed by atoms with Crippen molar-refractivity contribution >= 4 is 5.84 Å². The zero-order valence-corrected chi connectivity index (χ0v) is 15.1. The third kappa shape index (κ3) is 2.05. The molecule has 1 aliphatic carbocycles. The SMILES string of the molecule is CCC1(CC)C(O)(C(=N)N)C[C@](O)(CC)C(O)(CC)[C@@]1(O)CC. The van der Waals surface area contributed by atoms with Gasteiger partial charge in [0.25, 0.3) is 0 Å².